The van der Waals surface area contributed by atoms with E-state index in [1.165, 1.54) is 116 Å². The van der Waals surface area contributed by atoms with Gasteiger partial charge >= 0.3 is 0 Å². The Bertz CT molecular complexity index is 1720. The van der Waals surface area contributed by atoms with E-state index in [9.17, 15) is 30.3 Å². The van der Waals surface area contributed by atoms with Crippen molar-refractivity contribution < 1.29 is 39.8 Å². The molecular weight excluding hydrogens is 995 g/mol. The molecule has 0 radical (unpaired) electrons. The van der Waals surface area contributed by atoms with Gasteiger partial charge in [0.25, 0.3) is 0 Å². The second-order valence-corrected chi connectivity index (χ2v) is 21.8. The van der Waals surface area contributed by atoms with Crippen molar-refractivity contribution in [3.05, 3.63) is 134 Å². The summed E-state index contributed by atoms with van der Waals surface area (Å²) in [5, 5.41) is 54.6. The van der Waals surface area contributed by atoms with E-state index in [0.717, 1.165) is 116 Å². The molecule has 0 aliphatic carbocycles. The number of carbonyl (C=O) groups is 1. The van der Waals surface area contributed by atoms with Gasteiger partial charge in [-0.1, -0.05) is 270 Å². The second kappa shape index (κ2) is 58.5. The molecule has 80 heavy (non-hydrogen) atoms. The molecule has 1 aliphatic rings. The number of rotatable bonds is 54. The summed E-state index contributed by atoms with van der Waals surface area (Å²) in [6.45, 7) is 3.64. The van der Waals surface area contributed by atoms with E-state index in [1.54, 1.807) is 6.08 Å². The third-order valence-corrected chi connectivity index (χ3v) is 14.4. The molecule has 0 aromatic rings. The fraction of sp³-hybridized carbons (Fsp3) is 0.676. The molecule has 1 heterocycles. The van der Waals surface area contributed by atoms with Gasteiger partial charge in [-0.3, -0.25) is 4.79 Å². The summed E-state index contributed by atoms with van der Waals surface area (Å²) in [6.07, 6.45) is 82.4. The summed E-state index contributed by atoms with van der Waals surface area (Å²) in [4.78, 5) is 13.1. The highest BCUT2D eigenvalue weighted by Crippen LogP contribution is 2.23. The van der Waals surface area contributed by atoms with Gasteiger partial charge in [0.2, 0.25) is 5.91 Å². The van der Waals surface area contributed by atoms with Crippen molar-refractivity contribution in [1.29, 1.82) is 0 Å². The van der Waals surface area contributed by atoms with Crippen LogP contribution >= 0.6 is 0 Å². The lowest BCUT2D eigenvalue weighted by atomic mass is 9.99. The molecule has 456 valence electrons. The highest BCUT2D eigenvalue weighted by Gasteiger charge is 2.44. The predicted molar refractivity (Wildman–Crippen MR) is 340 cm³/mol. The molecule has 1 aliphatic heterocycles. The Morgan fingerprint density at radius 2 is 0.787 bits per heavy atom. The van der Waals surface area contributed by atoms with Gasteiger partial charge in [-0.2, -0.15) is 0 Å². The quantitative estimate of drug-likeness (QED) is 0.0261. The summed E-state index contributed by atoms with van der Waals surface area (Å²) >= 11 is 0. The van der Waals surface area contributed by atoms with Crippen LogP contribution in [0.15, 0.2) is 134 Å². The lowest BCUT2D eigenvalue weighted by Crippen LogP contribution is -2.60. The fourth-order valence-electron chi connectivity index (χ4n) is 9.38. The van der Waals surface area contributed by atoms with Gasteiger partial charge in [-0.25, -0.2) is 0 Å². The summed E-state index contributed by atoms with van der Waals surface area (Å²) in [5.74, 6) is -0.204. The molecule has 0 saturated carbocycles. The molecule has 0 spiro atoms. The molecule has 1 rings (SSSR count). The lowest BCUT2D eigenvalue weighted by Gasteiger charge is -2.40. The smallest absolute Gasteiger partial charge is 0.220 e. The van der Waals surface area contributed by atoms with Crippen LogP contribution in [0.5, 0.6) is 0 Å². The number of carbonyl (C=O) groups excluding carboxylic acids is 1. The average Bonchev–Trinajstić information content (AvgIpc) is 3.46. The van der Waals surface area contributed by atoms with Gasteiger partial charge in [0.05, 0.1) is 25.4 Å². The number of unbranched alkanes of at least 4 members (excludes halogenated alkanes) is 24. The minimum atomic E-state index is -1.59. The molecule has 9 heteroatoms. The average molecular weight is 1110 g/mol. The summed E-state index contributed by atoms with van der Waals surface area (Å²) in [6, 6.07) is -0.844. The third-order valence-electron chi connectivity index (χ3n) is 14.4. The van der Waals surface area contributed by atoms with Crippen LogP contribution in [0.25, 0.3) is 0 Å². The van der Waals surface area contributed by atoms with Crippen molar-refractivity contribution in [2.45, 2.75) is 294 Å². The van der Waals surface area contributed by atoms with E-state index in [2.05, 4.69) is 141 Å². The van der Waals surface area contributed by atoms with E-state index in [1.807, 2.05) is 6.08 Å². The highest BCUT2D eigenvalue weighted by molar-refractivity contribution is 5.76. The van der Waals surface area contributed by atoms with Crippen molar-refractivity contribution in [3.8, 4) is 0 Å². The Morgan fingerprint density at radius 1 is 0.438 bits per heavy atom. The molecule has 0 bridgehead atoms. The number of aliphatic hydroxyl groups excluding tert-OH is 5. The van der Waals surface area contributed by atoms with Crippen LogP contribution in [0.4, 0.5) is 0 Å². The van der Waals surface area contributed by atoms with Crippen LogP contribution in [-0.4, -0.2) is 87.5 Å². The number of hydrogen-bond donors (Lipinski definition) is 6. The first-order valence-electron chi connectivity index (χ1n) is 32.4. The first-order valence-corrected chi connectivity index (χ1v) is 32.4. The second-order valence-electron chi connectivity index (χ2n) is 21.8. The molecule has 9 nitrogen and oxygen atoms in total. The monoisotopic (exact) mass is 1110 g/mol. The van der Waals surface area contributed by atoms with Crippen molar-refractivity contribution in [1.82, 2.24) is 5.32 Å². The molecule has 7 unspecified atom stereocenters. The lowest BCUT2D eigenvalue weighted by molar-refractivity contribution is -0.302. The van der Waals surface area contributed by atoms with E-state index in [0.29, 0.717) is 6.42 Å². The first-order chi connectivity index (χ1) is 39.3. The summed E-state index contributed by atoms with van der Waals surface area (Å²) in [7, 11) is 0. The number of nitrogens with one attached hydrogen (secondary N) is 1. The van der Waals surface area contributed by atoms with E-state index >= 15 is 0 Å². The Labute approximate surface area is 490 Å². The third kappa shape index (κ3) is 46.9. The maximum absolute atomic E-state index is 13.1. The van der Waals surface area contributed by atoms with Crippen molar-refractivity contribution in [2.24, 2.45) is 0 Å². The van der Waals surface area contributed by atoms with Gasteiger partial charge in [0, 0.05) is 6.42 Å². The Hall–Kier alpha value is -3.67. The van der Waals surface area contributed by atoms with Crippen LogP contribution in [-0.2, 0) is 14.3 Å². The van der Waals surface area contributed by atoms with Crippen LogP contribution in [0.2, 0.25) is 0 Å². The van der Waals surface area contributed by atoms with E-state index in [4.69, 9.17) is 9.47 Å². The van der Waals surface area contributed by atoms with Crippen molar-refractivity contribution in [2.75, 3.05) is 13.2 Å². The maximum atomic E-state index is 13.1. The number of aliphatic hydroxyl groups is 5. The minimum Gasteiger partial charge on any atom is -0.394 e. The van der Waals surface area contributed by atoms with Crippen molar-refractivity contribution >= 4 is 5.91 Å². The zero-order valence-electron chi connectivity index (χ0n) is 50.8. The van der Waals surface area contributed by atoms with E-state index < -0.39 is 49.5 Å². The predicted octanol–water partition coefficient (Wildman–Crippen LogP) is 17.2. The Kier molecular flexibility index (Phi) is 54.4. The fourth-order valence-corrected chi connectivity index (χ4v) is 9.38. The summed E-state index contributed by atoms with van der Waals surface area (Å²) in [5.41, 5.74) is 0. The zero-order valence-corrected chi connectivity index (χ0v) is 50.8. The van der Waals surface area contributed by atoms with E-state index in [-0.39, 0.29) is 12.5 Å². The van der Waals surface area contributed by atoms with Gasteiger partial charge in [-0.05, 0) is 109 Å². The van der Waals surface area contributed by atoms with Crippen LogP contribution in [0, 0.1) is 0 Å². The number of ether oxygens (including phenoxy) is 2. The molecule has 1 saturated heterocycles. The minimum absolute atomic E-state index is 0.204. The van der Waals surface area contributed by atoms with Gasteiger partial charge in [0.1, 0.15) is 24.4 Å². The van der Waals surface area contributed by atoms with Crippen LogP contribution in [0.1, 0.15) is 251 Å². The molecule has 0 aromatic carbocycles. The van der Waals surface area contributed by atoms with Gasteiger partial charge in [0.15, 0.2) is 6.29 Å². The topological polar surface area (TPSA) is 149 Å². The number of amides is 1. The highest BCUT2D eigenvalue weighted by atomic mass is 16.7. The normalized spacial score (nSPS) is 19.4. The van der Waals surface area contributed by atoms with Gasteiger partial charge < -0.3 is 40.3 Å². The SMILES string of the molecule is CC/C=C\C/C=C\C/C=C\C/C=C\C/C=C\C/C=C\C/C=C\C/C=C\CCCCCCCCCCC(=O)NC(COC1OC(CO)C(O)C(O)C1O)C(O)/C=C/CC/C=C/CC/C=C/CCCCCCCCCCCCCCCC. The number of allylic oxidation sites excluding steroid dienone is 21. The van der Waals surface area contributed by atoms with Gasteiger partial charge in [-0.15, -0.1) is 0 Å². The van der Waals surface area contributed by atoms with Crippen LogP contribution in [0.3, 0.4) is 0 Å². The molecule has 1 amide bonds. The Morgan fingerprint density at radius 3 is 1.20 bits per heavy atom. The maximum Gasteiger partial charge on any atom is 0.220 e. The van der Waals surface area contributed by atoms with Crippen molar-refractivity contribution in [3.63, 3.8) is 0 Å². The molecule has 7 atom stereocenters. The van der Waals surface area contributed by atoms with Crippen LogP contribution < -0.4 is 5.32 Å². The molecular formula is C71H119NO8. The molecule has 0 aromatic heterocycles. The standard InChI is InChI=1S/C71H119NO8/c1-3-5-7-9-11-13-15-17-19-21-23-25-27-29-30-31-32-33-34-35-36-37-39-41-43-45-47-49-51-53-55-57-59-61-67(75)72-64(63-79-71-70(78)69(77)68(76)66(62-73)80-71)65(74)60-58-56-54-52-50-48-46-44-42-40-38-28-26-24-22-20-18-16-14-12-10-8-6-4-2/h5,7,11,13,17,19,23,25,29-30,32-33,35-36,39,41-42,44,50,52,58,60,64-66,68-71,73-74,76-78H,3-4,6,8-10,12,14-16,18,20-22,24,26-28,31,34,37-38,40,43,45-49,51,53-57,59,61-63H2,1-2H3,(H,72,75)/b7-5-,13-11-,19-17-,25-23-,30-29-,33-32-,36-35-,41-39-,44-42+,52-50+,60-58+. The molecule has 6 N–H and O–H groups in total. The largest absolute Gasteiger partial charge is 0.394 e. The zero-order chi connectivity index (χ0) is 57.9. The summed E-state index contributed by atoms with van der Waals surface area (Å²) < 4.78 is 11.3. The first kappa shape index (κ1) is 74.3. The Balaban J connectivity index is 2.24. The number of hydrogen-bond acceptors (Lipinski definition) is 8. The molecule has 1 fully saturated rings.